The molecule has 150 valence electrons. The van der Waals surface area contributed by atoms with E-state index in [0.29, 0.717) is 18.7 Å². The van der Waals surface area contributed by atoms with Gasteiger partial charge in [-0.25, -0.2) is 8.42 Å². The van der Waals surface area contributed by atoms with Crippen molar-refractivity contribution >= 4 is 27.3 Å². The number of amides is 1. The van der Waals surface area contributed by atoms with E-state index in [1.54, 1.807) is 12.1 Å². The van der Waals surface area contributed by atoms with Crippen LogP contribution >= 0.6 is 0 Å². The molecule has 0 aromatic heterocycles. The monoisotopic (exact) mass is 401 g/mol. The van der Waals surface area contributed by atoms with Crippen molar-refractivity contribution in [2.75, 3.05) is 42.6 Å². The molecule has 0 unspecified atom stereocenters. The zero-order valence-corrected chi connectivity index (χ0v) is 17.2. The van der Waals surface area contributed by atoms with E-state index in [4.69, 9.17) is 0 Å². The number of carbonyl (C=O) groups is 1. The summed E-state index contributed by atoms with van der Waals surface area (Å²) in [6, 6.07) is 15.6. The molecule has 1 amide bonds. The molecule has 7 heteroatoms. The van der Waals surface area contributed by atoms with Gasteiger partial charge in [-0.2, -0.15) is 0 Å². The molecule has 28 heavy (non-hydrogen) atoms. The maximum absolute atomic E-state index is 12.3. The highest BCUT2D eigenvalue weighted by molar-refractivity contribution is 7.92. The summed E-state index contributed by atoms with van der Waals surface area (Å²) in [5.41, 5.74) is 4.00. The van der Waals surface area contributed by atoms with E-state index in [1.807, 2.05) is 35.2 Å². The normalized spacial score (nSPS) is 14.2. The average molecular weight is 402 g/mol. The zero-order chi connectivity index (χ0) is 20.1. The Bertz CT molecular complexity index is 926. The summed E-state index contributed by atoms with van der Waals surface area (Å²) in [5, 5.41) is 0. The van der Waals surface area contributed by atoms with Gasteiger partial charge in [0.1, 0.15) is 0 Å². The van der Waals surface area contributed by atoms with Crippen LogP contribution in [0.15, 0.2) is 48.5 Å². The van der Waals surface area contributed by atoms with Crippen LogP contribution in [0, 0.1) is 0 Å². The number of benzene rings is 2. The number of nitrogens with one attached hydrogen (secondary N) is 1. The van der Waals surface area contributed by atoms with Gasteiger partial charge in [-0.1, -0.05) is 30.3 Å². The number of carbonyl (C=O) groups excluding carboxylic acids is 1. The largest absolute Gasteiger partial charge is 0.311 e. The van der Waals surface area contributed by atoms with Crippen LogP contribution in [0.3, 0.4) is 0 Å². The molecule has 6 nitrogen and oxygen atoms in total. The molecule has 1 N–H and O–H groups in total. The number of anilines is 2. The second-order valence-corrected chi connectivity index (χ2v) is 9.05. The first-order valence-electron chi connectivity index (χ1n) is 9.45. The minimum atomic E-state index is -3.25. The standard InChI is InChI=1S/C21H27N3O3S/c1-23(14-13-17-7-10-19(11-8-17)22-28(2,26)27)15-16-24-20-6-4-3-5-18(20)9-12-21(24)25/h3-8,10-11,22H,9,12-16H2,1-2H3. The fraction of sp³-hybridized carbons (Fsp3) is 0.381. The van der Waals surface area contributed by atoms with Gasteiger partial charge in [-0.15, -0.1) is 0 Å². The predicted molar refractivity (Wildman–Crippen MR) is 113 cm³/mol. The van der Waals surface area contributed by atoms with Gasteiger partial charge in [0.2, 0.25) is 15.9 Å². The molecule has 2 aromatic rings. The first kappa shape index (κ1) is 20.4. The lowest BCUT2D eigenvalue weighted by Gasteiger charge is -2.31. The molecule has 0 aliphatic carbocycles. The quantitative estimate of drug-likeness (QED) is 0.738. The molecule has 1 heterocycles. The third-order valence-corrected chi connectivity index (χ3v) is 5.54. The van der Waals surface area contributed by atoms with Gasteiger partial charge < -0.3 is 9.80 Å². The van der Waals surface area contributed by atoms with Crippen molar-refractivity contribution in [3.63, 3.8) is 0 Å². The van der Waals surface area contributed by atoms with E-state index < -0.39 is 10.0 Å². The Morgan fingerprint density at radius 2 is 1.75 bits per heavy atom. The predicted octanol–water partition coefficient (Wildman–Crippen LogP) is 2.51. The van der Waals surface area contributed by atoms with E-state index in [1.165, 1.54) is 5.56 Å². The highest BCUT2D eigenvalue weighted by Crippen LogP contribution is 2.27. The van der Waals surface area contributed by atoms with Gasteiger partial charge in [-0.05, 0) is 49.2 Å². The third kappa shape index (κ3) is 5.56. The van der Waals surface area contributed by atoms with Crippen LogP contribution in [0.25, 0.3) is 0 Å². The number of likely N-dealkylation sites (N-methyl/N-ethyl adjacent to an activating group) is 1. The molecule has 0 atom stereocenters. The van der Waals surface area contributed by atoms with Crippen LogP contribution in [0.5, 0.6) is 0 Å². The smallest absolute Gasteiger partial charge is 0.229 e. The number of hydrogen-bond acceptors (Lipinski definition) is 4. The number of nitrogens with zero attached hydrogens (tertiary/aromatic N) is 2. The Hall–Kier alpha value is -2.38. The molecular formula is C21H27N3O3S. The molecule has 0 bridgehead atoms. The van der Waals surface area contributed by atoms with Gasteiger partial charge in [-0.3, -0.25) is 9.52 Å². The molecule has 0 spiro atoms. The molecule has 0 saturated carbocycles. The van der Waals surface area contributed by atoms with Crippen molar-refractivity contribution in [2.24, 2.45) is 0 Å². The lowest BCUT2D eigenvalue weighted by atomic mass is 10.0. The van der Waals surface area contributed by atoms with Crippen LogP contribution in [0.2, 0.25) is 0 Å². The molecule has 0 fully saturated rings. The van der Waals surface area contributed by atoms with Gasteiger partial charge in [0, 0.05) is 37.4 Å². The van der Waals surface area contributed by atoms with Gasteiger partial charge in [0.05, 0.1) is 6.26 Å². The van der Waals surface area contributed by atoms with Crippen LogP contribution in [-0.2, 0) is 27.7 Å². The number of rotatable bonds is 8. The second kappa shape index (κ2) is 8.75. The molecule has 1 aliphatic heterocycles. The number of fused-ring (bicyclic) bond motifs is 1. The Kier molecular flexibility index (Phi) is 6.36. The van der Waals surface area contributed by atoms with E-state index in [2.05, 4.69) is 22.7 Å². The van der Waals surface area contributed by atoms with E-state index >= 15 is 0 Å². The Morgan fingerprint density at radius 1 is 1.04 bits per heavy atom. The highest BCUT2D eigenvalue weighted by Gasteiger charge is 2.23. The van der Waals surface area contributed by atoms with E-state index in [-0.39, 0.29) is 5.91 Å². The summed E-state index contributed by atoms with van der Waals surface area (Å²) >= 11 is 0. The maximum atomic E-state index is 12.3. The Morgan fingerprint density at radius 3 is 2.46 bits per heavy atom. The van der Waals surface area contributed by atoms with Gasteiger partial charge >= 0.3 is 0 Å². The van der Waals surface area contributed by atoms with Crippen LogP contribution in [-0.4, -0.2) is 52.2 Å². The van der Waals surface area contributed by atoms with Crippen molar-refractivity contribution in [1.29, 1.82) is 0 Å². The van der Waals surface area contributed by atoms with Crippen LogP contribution in [0.4, 0.5) is 11.4 Å². The average Bonchev–Trinajstić information content (AvgIpc) is 2.65. The fourth-order valence-electron chi connectivity index (χ4n) is 3.40. The summed E-state index contributed by atoms with van der Waals surface area (Å²) in [6.45, 7) is 2.35. The summed E-state index contributed by atoms with van der Waals surface area (Å²) in [4.78, 5) is 16.5. The Balaban J connectivity index is 1.50. The number of sulfonamides is 1. The number of aryl methyl sites for hydroxylation is 1. The molecule has 0 radical (unpaired) electrons. The summed E-state index contributed by atoms with van der Waals surface area (Å²) in [5.74, 6) is 0.195. The van der Waals surface area contributed by atoms with Crippen molar-refractivity contribution < 1.29 is 13.2 Å². The van der Waals surface area contributed by atoms with Gasteiger partial charge in [0.25, 0.3) is 0 Å². The van der Waals surface area contributed by atoms with Crippen molar-refractivity contribution in [2.45, 2.75) is 19.3 Å². The minimum Gasteiger partial charge on any atom is -0.311 e. The second-order valence-electron chi connectivity index (χ2n) is 7.30. The highest BCUT2D eigenvalue weighted by atomic mass is 32.2. The zero-order valence-electron chi connectivity index (χ0n) is 16.4. The number of para-hydroxylation sites is 1. The number of hydrogen-bond donors (Lipinski definition) is 1. The van der Waals surface area contributed by atoms with Gasteiger partial charge in [0.15, 0.2) is 0 Å². The van der Waals surface area contributed by atoms with Crippen LogP contribution < -0.4 is 9.62 Å². The lowest BCUT2D eigenvalue weighted by molar-refractivity contribution is -0.118. The first-order valence-corrected chi connectivity index (χ1v) is 11.3. The molecular weight excluding hydrogens is 374 g/mol. The maximum Gasteiger partial charge on any atom is 0.229 e. The third-order valence-electron chi connectivity index (χ3n) is 4.94. The Labute approximate surface area is 167 Å². The van der Waals surface area contributed by atoms with Crippen molar-refractivity contribution in [1.82, 2.24) is 4.90 Å². The summed E-state index contributed by atoms with van der Waals surface area (Å²) in [7, 11) is -1.19. The molecule has 3 rings (SSSR count). The molecule has 0 saturated heterocycles. The topological polar surface area (TPSA) is 69.7 Å². The van der Waals surface area contributed by atoms with E-state index in [9.17, 15) is 13.2 Å². The van der Waals surface area contributed by atoms with Crippen molar-refractivity contribution in [3.05, 3.63) is 59.7 Å². The molecule has 2 aromatic carbocycles. The van der Waals surface area contributed by atoms with Crippen LogP contribution in [0.1, 0.15) is 17.5 Å². The summed E-state index contributed by atoms with van der Waals surface area (Å²) < 4.78 is 25.0. The van der Waals surface area contributed by atoms with E-state index in [0.717, 1.165) is 43.4 Å². The molecule has 1 aliphatic rings. The lowest BCUT2D eigenvalue weighted by Crippen LogP contribution is -2.40. The minimum absolute atomic E-state index is 0.195. The first-order chi connectivity index (χ1) is 13.3. The SMILES string of the molecule is CN(CCc1ccc(NS(C)(=O)=O)cc1)CCN1C(=O)CCc2ccccc21. The van der Waals surface area contributed by atoms with Crippen molar-refractivity contribution in [3.8, 4) is 0 Å². The summed E-state index contributed by atoms with van der Waals surface area (Å²) in [6.07, 6.45) is 3.40. The fourth-order valence-corrected chi connectivity index (χ4v) is 3.96.